The van der Waals surface area contributed by atoms with Crippen molar-refractivity contribution in [1.82, 2.24) is 0 Å². The molecule has 0 bridgehead atoms. The highest BCUT2D eigenvalue weighted by atomic mass is 35.5. The third kappa shape index (κ3) is 6.07. The summed E-state index contributed by atoms with van der Waals surface area (Å²) in [4.78, 5) is 12.6. The molecule has 3 aromatic rings. The topological polar surface area (TPSA) is 84.5 Å². The van der Waals surface area contributed by atoms with Gasteiger partial charge in [0.1, 0.15) is 5.75 Å². The van der Waals surface area contributed by atoms with Crippen molar-refractivity contribution in [2.24, 2.45) is 0 Å². The van der Waals surface area contributed by atoms with Crippen molar-refractivity contribution in [3.05, 3.63) is 81.8 Å². The van der Waals surface area contributed by atoms with E-state index in [1.54, 1.807) is 24.3 Å². The number of hydrogen-bond donors (Lipinski definition) is 2. The number of anilines is 2. The Hall–Kier alpha value is -2.45. The first-order valence-corrected chi connectivity index (χ1v) is 12.1. The van der Waals surface area contributed by atoms with E-state index in [9.17, 15) is 13.2 Å². The number of halogens is 3. The van der Waals surface area contributed by atoms with Gasteiger partial charge in [-0.15, -0.1) is 0 Å². The van der Waals surface area contributed by atoms with Crippen molar-refractivity contribution in [2.75, 3.05) is 10.0 Å². The van der Waals surface area contributed by atoms with Gasteiger partial charge >= 0.3 is 0 Å². The van der Waals surface area contributed by atoms with E-state index in [4.69, 9.17) is 39.5 Å². The summed E-state index contributed by atoms with van der Waals surface area (Å²) in [6.45, 7) is 1.81. The molecule has 2 N–H and O–H groups in total. The molecule has 0 aliphatic carbocycles. The van der Waals surface area contributed by atoms with Crippen LogP contribution in [0, 0.1) is 0 Å². The molecule has 1 atom stereocenters. The minimum atomic E-state index is -3.89. The lowest BCUT2D eigenvalue weighted by Gasteiger charge is -2.18. The van der Waals surface area contributed by atoms with Crippen molar-refractivity contribution in [2.45, 2.75) is 24.3 Å². The van der Waals surface area contributed by atoms with Gasteiger partial charge in [-0.25, -0.2) is 8.42 Å². The smallest absolute Gasteiger partial charge is 0.265 e. The summed E-state index contributed by atoms with van der Waals surface area (Å²) >= 11 is 18.0. The summed E-state index contributed by atoms with van der Waals surface area (Å²) in [6, 6.07) is 17.0. The van der Waals surface area contributed by atoms with E-state index in [2.05, 4.69) is 10.0 Å². The van der Waals surface area contributed by atoms with E-state index in [-0.39, 0.29) is 21.5 Å². The normalized spacial score (nSPS) is 12.1. The lowest BCUT2D eigenvalue weighted by atomic mass is 10.2. The maximum absolute atomic E-state index is 12.6. The Bertz CT molecular complexity index is 1220. The van der Waals surface area contributed by atoms with Crippen LogP contribution >= 0.6 is 34.8 Å². The number of carbonyl (C=O) groups excluding carboxylic acids is 1. The molecular formula is C22H19Cl3N2O4S. The van der Waals surface area contributed by atoms with Gasteiger partial charge in [0.2, 0.25) is 0 Å². The Morgan fingerprint density at radius 1 is 0.969 bits per heavy atom. The molecule has 0 heterocycles. The molecule has 1 unspecified atom stereocenters. The summed E-state index contributed by atoms with van der Waals surface area (Å²) in [5.41, 5.74) is 0.621. The molecule has 168 valence electrons. The molecule has 0 fully saturated rings. The van der Waals surface area contributed by atoms with Crippen LogP contribution in [0.4, 0.5) is 11.4 Å². The lowest BCUT2D eigenvalue weighted by Crippen LogP contribution is -2.32. The SMILES string of the molecule is CCC(Oc1ccccc1Cl)C(=O)Nc1ccc(S(=O)(=O)Nc2ccc(Cl)cc2Cl)cc1. The third-order valence-electron chi connectivity index (χ3n) is 4.38. The molecule has 3 rings (SSSR count). The molecule has 0 saturated carbocycles. The predicted octanol–water partition coefficient (Wildman–Crippen LogP) is 6.24. The third-order valence-corrected chi connectivity index (χ3v) is 6.62. The number of para-hydroxylation sites is 1. The second kappa shape index (κ2) is 10.4. The number of hydrogen-bond acceptors (Lipinski definition) is 4. The minimum absolute atomic E-state index is 0.000810. The van der Waals surface area contributed by atoms with Crippen LogP contribution in [0.25, 0.3) is 0 Å². The molecule has 6 nitrogen and oxygen atoms in total. The first-order chi connectivity index (χ1) is 15.2. The number of ether oxygens (including phenoxy) is 1. The number of benzene rings is 3. The first-order valence-electron chi connectivity index (χ1n) is 9.49. The van der Waals surface area contributed by atoms with Gasteiger partial charge in [-0.3, -0.25) is 9.52 Å². The summed E-state index contributed by atoms with van der Waals surface area (Å²) < 4.78 is 33.4. The molecule has 0 spiro atoms. The van der Waals surface area contributed by atoms with Gasteiger partial charge in [0.05, 0.1) is 20.6 Å². The summed E-state index contributed by atoms with van der Waals surface area (Å²) in [6.07, 6.45) is -0.359. The zero-order chi connectivity index (χ0) is 23.3. The summed E-state index contributed by atoms with van der Waals surface area (Å²) in [7, 11) is -3.89. The van der Waals surface area contributed by atoms with Crippen molar-refractivity contribution in [1.29, 1.82) is 0 Å². The molecule has 1 amide bonds. The van der Waals surface area contributed by atoms with E-state index < -0.39 is 16.1 Å². The molecule has 0 aliphatic rings. The van der Waals surface area contributed by atoms with Crippen molar-refractivity contribution in [3.63, 3.8) is 0 Å². The Balaban J connectivity index is 1.69. The molecule has 0 aliphatic heterocycles. The van der Waals surface area contributed by atoms with Crippen LogP contribution in [0.3, 0.4) is 0 Å². The second-order valence-corrected chi connectivity index (χ2v) is 9.62. The molecule has 10 heteroatoms. The largest absolute Gasteiger partial charge is 0.479 e. The van der Waals surface area contributed by atoms with Gasteiger partial charge < -0.3 is 10.1 Å². The first kappa shape index (κ1) is 24.2. The van der Waals surface area contributed by atoms with Crippen LogP contribution in [-0.4, -0.2) is 20.4 Å². The van der Waals surface area contributed by atoms with Crippen LogP contribution in [0.5, 0.6) is 5.75 Å². The molecule has 0 aromatic heterocycles. The van der Waals surface area contributed by atoms with E-state index in [1.807, 2.05) is 6.92 Å². The van der Waals surface area contributed by atoms with Crippen LogP contribution in [0.1, 0.15) is 13.3 Å². The number of sulfonamides is 1. The second-order valence-electron chi connectivity index (χ2n) is 6.69. The Kier molecular flexibility index (Phi) is 7.90. The van der Waals surface area contributed by atoms with E-state index in [1.165, 1.54) is 42.5 Å². The zero-order valence-electron chi connectivity index (χ0n) is 16.8. The van der Waals surface area contributed by atoms with Crippen molar-refractivity contribution in [3.8, 4) is 5.75 Å². The van der Waals surface area contributed by atoms with E-state index in [0.717, 1.165) is 0 Å². The monoisotopic (exact) mass is 512 g/mol. The quantitative estimate of drug-likeness (QED) is 0.373. The zero-order valence-corrected chi connectivity index (χ0v) is 19.9. The van der Waals surface area contributed by atoms with Crippen LogP contribution in [0.2, 0.25) is 15.1 Å². The average Bonchev–Trinajstić information content (AvgIpc) is 2.75. The van der Waals surface area contributed by atoms with Crippen LogP contribution in [-0.2, 0) is 14.8 Å². The fourth-order valence-electron chi connectivity index (χ4n) is 2.73. The summed E-state index contributed by atoms with van der Waals surface area (Å²) in [5.74, 6) is 0.0265. The Morgan fingerprint density at radius 3 is 2.28 bits per heavy atom. The van der Waals surface area contributed by atoms with Gasteiger partial charge in [0, 0.05) is 10.7 Å². The number of carbonyl (C=O) groups is 1. The molecule has 0 saturated heterocycles. The van der Waals surface area contributed by atoms with Gasteiger partial charge in [-0.1, -0.05) is 53.9 Å². The standard InChI is InChI=1S/C22H19Cl3N2O4S/c1-2-20(31-21-6-4-3-5-17(21)24)22(28)26-15-8-10-16(11-9-15)32(29,30)27-19-12-7-14(23)13-18(19)25/h3-13,20,27H,2H2,1H3,(H,26,28). The molecule has 3 aromatic carbocycles. The maximum Gasteiger partial charge on any atom is 0.265 e. The molecule has 32 heavy (non-hydrogen) atoms. The van der Waals surface area contributed by atoms with Gasteiger partial charge in [-0.05, 0) is 61.0 Å². The van der Waals surface area contributed by atoms with Crippen LogP contribution < -0.4 is 14.8 Å². The fraction of sp³-hybridized carbons (Fsp3) is 0.136. The molecular weight excluding hydrogens is 495 g/mol. The highest BCUT2D eigenvalue weighted by molar-refractivity contribution is 7.92. The van der Waals surface area contributed by atoms with Gasteiger partial charge in [0.15, 0.2) is 6.10 Å². The fourth-order valence-corrected chi connectivity index (χ4v) is 4.50. The Labute approximate surface area is 201 Å². The number of amides is 1. The lowest BCUT2D eigenvalue weighted by molar-refractivity contribution is -0.122. The Morgan fingerprint density at radius 2 is 1.66 bits per heavy atom. The highest BCUT2D eigenvalue weighted by Crippen LogP contribution is 2.28. The van der Waals surface area contributed by atoms with E-state index >= 15 is 0 Å². The highest BCUT2D eigenvalue weighted by Gasteiger charge is 2.20. The predicted molar refractivity (Wildman–Crippen MR) is 129 cm³/mol. The molecule has 0 radical (unpaired) electrons. The summed E-state index contributed by atoms with van der Waals surface area (Å²) in [5, 5.41) is 3.69. The number of rotatable bonds is 8. The van der Waals surface area contributed by atoms with Crippen molar-refractivity contribution >= 4 is 62.1 Å². The van der Waals surface area contributed by atoms with Gasteiger partial charge in [-0.2, -0.15) is 0 Å². The van der Waals surface area contributed by atoms with Crippen molar-refractivity contribution < 1.29 is 17.9 Å². The minimum Gasteiger partial charge on any atom is -0.479 e. The average molecular weight is 514 g/mol. The maximum atomic E-state index is 12.6. The number of nitrogens with one attached hydrogen (secondary N) is 2. The van der Waals surface area contributed by atoms with E-state index in [0.29, 0.717) is 27.9 Å². The van der Waals surface area contributed by atoms with Gasteiger partial charge in [0.25, 0.3) is 15.9 Å². The van der Waals surface area contributed by atoms with Crippen LogP contribution in [0.15, 0.2) is 71.6 Å².